The van der Waals surface area contributed by atoms with E-state index in [0.717, 1.165) is 22.7 Å². The molecule has 2 N–H and O–H groups in total. The summed E-state index contributed by atoms with van der Waals surface area (Å²) in [6, 6.07) is 5.45. The van der Waals surface area contributed by atoms with E-state index in [9.17, 15) is 4.79 Å². The van der Waals surface area contributed by atoms with Gasteiger partial charge in [-0.25, -0.2) is 0 Å². The Morgan fingerprint density at radius 2 is 2.03 bits per heavy atom. The molecule has 0 aliphatic rings. The molecule has 0 aliphatic heterocycles. The first-order chi connectivity index (χ1) is 13.8. The molecule has 0 saturated carbocycles. The number of nitrogens with zero attached hydrogens (tertiary/aromatic N) is 2. The molecule has 0 radical (unpaired) electrons. The van der Waals surface area contributed by atoms with E-state index in [1.54, 1.807) is 17.9 Å². The molecule has 7 heteroatoms. The number of aromatic nitrogens is 2. The molecule has 2 aromatic heterocycles. The quantitative estimate of drug-likeness (QED) is 0.562. The van der Waals surface area contributed by atoms with Crippen LogP contribution in [0.5, 0.6) is 5.75 Å². The Bertz CT molecular complexity index is 1080. The summed E-state index contributed by atoms with van der Waals surface area (Å²) in [5, 5.41) is 2.79. The van der Waals surface area contributed by atoms with Crippen LogP contribution in [0, 0.1) is 12.8 Å². The summed E-state index contributed by atoms with van der Waals surface area (Å²) in [6.45, 7) is 7.29. The lowest BCUT2D eigenvalue weighted by atomic mass is 10.0. The number of benzene rings is 1. The van der Waals surface area contributed by atoms with Crippen LogP contribution >= 0.6 is 11.6 Å². The van der Waals surface area contributed by atoms with Gasteiger partial charge in [0.2, 0.25) is 0 Å². The Labute approximate surface area is 175 Å². The summed E-state index contributed by atoms with van der Waals surface area (Å²) in [6.07, 6.45) is 2.57. The lowest BCUT2D eigenvalue weighted by Gasteiger charge is -2.18. The molecule has 0 aliphatic carbocycles. The number of aryl methyl sites for hydroxylation is 1. The maximum atomic E-state index is 13.2. The van der Waals surface area contributed by atoms with Gasteiger partial charge in [-0.05, 0) is 36.8 Å². The van der Waals surface area contributed by atoms with E-state index in [4.69, 9.17) is 26.8 Å². The summed E-state index contributed by atoms with van der Waals surface area (Å²) in [7, 11) is 1.61. The van der Waals surface area contributed by atoms with Crippen LogP contribution in [0.1, 0.15) is 26.0 Å². The van der Waals surface area contributed by atoms with Crippen LogP contribution in [-0.2, 0) is 11.3 Å². The second kappa shape index (κ2) is 9.11. The lowest BCUT2D eigenvalue weighted by Crippen LogP contribution is -2.29. The summed E-state index contributed by atoms with van der Waals surface area (Å²) in [4.78, 5) is 17.5. The molecule has 0 fully saturated rings. The highest BCUT2D eigenvalue weighted by molar-refractivity contribution is 6.33. The predicted molar refractivity (Wildman–Crippen MR) is 118 cm³/mol. The van der Waals surface area contributed by atoms with Crippen LogP contribution in [0.25, 0.3) is 21.7 Å². The van der Waals surface area contributed by atoms with Gasteiger partial charge in [0.25, 0.3) is 5.56 Å². The number of hydrogen-bond acceptors (Lipinski definition) is 5. The number of pyridine rings is 2. The average molecular weight is 418 g/mol. The van der Waals surface area contributed by atoms with Crippen LogP contribution in [-0.4, -0.2) is 35.9 Å². The van der Waals surface area contributed by atoms with E-state index in [2.05, 4.69) is 18.8 Å². The topological polar surface area (TPSA) is 79.4 Å². The molecule has 0 saturated heterocycles. The number of hydrogen-bond donors (Lipinski definition) is 1. The first-order valence-electron chi connectivity index (χ1n) is 9.82. The largest absolute Gasteiger partial charge is 0.490 e. The number of nitrogens with two attached hydrogens (primary N) is 1. The average Bonchev–Trinajstić information content (AvgIpc) is 2.66. The number of halogens is 1. The second-order valence-corrected chi connectivity index (χ2v) is 8.18. The third-order valence-corrected chi connectivity index (χ3v) is 5.27. The smallest absolute Gasteiger partial charge is 0.260 e. The fourth-order valence-corrected chi connectivity index (χ4v) is 3.89. The Morgan fingerprint density at radius 1 is 1.28 bits per heavy atom. The first-order valence-corrected chi connectivity index (χ1v) is 10.2. The van der Waals surface area contributed by atoms with Gasteiger partial charge in [0.15, 0.2) is 0 Å². The number of fused-ring (bicyclic) bond motifs is 3. The van der Waals surface area contributed by atoms with Gasteiger partial charge < -0.3 is 19.8 Å². The summed E-state index contributed by atoms with van der Waals surface area (Å²) in [5.41, 5.74) is 7.50. The molecule has 1 atom stereocenters. The minimum absolute atomic E-state index is 0.0808. The van der Waals surface area contributed by atoms with E-state index in [-0.39, 0.29) is 11.6 Å². The standard InChI is InChI=1S/C22H28ClN3O3/c1-13(2)9-15(24)12-29-20-11-19-17(10-18(20)23)16-5-6-25-14(3)21(16)22(27)26(19)7-8-28-4/h5-6,10-11,13,15H,7-9,12,24H2,1-4H3/t15-/m0/s1. The molecule has 1 aromatic carbocycles. The van der Waals surface area contributed by atoms with Crippen molar-refractivity contribution in [2.45, 2.75) is 39.8 Å². The van der Waals surface area contributed by atoms with E-state index in [1.807, 2.05) is 25.1 Å². The molecular weight excluding hydrogens is 390 g/mol. The molecule has 156 valence electrons. The van der Waals surface area contributed by atoms with Gasteiger partial charge in [-0.15, -0.1) is 0 Å². The van der Waals surface area contributed by atoms with Crippen molar-refractivity contribution in [2.24, 2.45) is 11.7 Å². The number of rotatable bonds is 8. The summed E-state index contributed by atoms with van der Waals surface area (Å²) >= 11 is 6.54. The molecule has 2 heterocycles. The monoisotopic (exact) mass is 417 g/mol. The molecule has 0 bridgehead atoms. The number of ether oxygens (including phenoxy) is 2. The lowest BCUT2D eigenvalue weighted by molar-refractivity contribution is 0.187. The van der Waals surface area contributed by atoms with E-state index < -0.39 is 0 Å². The van der Waals surface area contributed by atoms with Gasteiger partial charge in [-0.3, -0.25) is 9.78 Å². The van der Waals surface area contributed by atoms with Crippen LogP contribution in [0.2, 0.25) is 5.02 Å². The van der Waals surface area contributed by atoms with Crippen molar-refractivity contribution in [3.63, 3.8) is 0 Å². The van der Waals surface area contributed by atoms with Crippen molar-refractivity contribution in [3.05, 3.63) is 45.5 Å². The Balaban J connectivity index is 2.15. The van der Waals surface area contributed by atoms with Gasteiger partial charge >= 0.3 is 0 Å². The van der Waals surface area contributed by atoms with E-state index >= 15 is 0 Å². The number of methoxy groups -OCH3 is 1. The predicted octanol–water partition coefficient (Wildman–Crippen LogP) is 3.91. The Morgan fingerprint density at radius 3 is 2.72 bits per heavy atom. The van der Waals surface area contributed by atoms with Crippen LogP contribution in [0.3, 0.4) is 0 Å². The SMILES string of the molecule is COCCn1c(=O)c2c(C)nccc2c2cc(Cl)c(OC[C@@H](N)CC(C)C)cc21. The molecular formula is C22H28ClN3O3. The fourth-order valence-electron chi connectivity index (χ4n) is 3.67. The van der Waals surface area contributed by atoms with Crippen molar-refractivity contribution in [1.82, 2.24) is 9.55 Å². The zero-order valence-corrected chi connectivity index (χ0v) is 18.1. The van der Waals surface area contributed by atoms with Gasteiger partial charge in [0.1, 0.15) is 12.4 Å². The van der Waals surface area contributed by atoms with Crippen molar-refractivity contribution in [2.75, 3.05) is 20.3 Å². The van der Waals surface area contributed by atoms with Gasteiger partial charge in [0, 0.05) is 37.3 Å². The highest BCUT2D eigenvalue weighted by Crippen LogP contribution is 2.33. The zero-order chi connectivity index (χ0) is 21.1. The maximum Gasteiger partial charge on any atom is 0.260 e. The molecule has 6 nitrogen and oxygen atoms in total. The second-order valence-electron chi connectivity index (χ2n) is 7.77. The van der Waals surface area contributed by atoms with Crippen molar-refractivity contribution in [3.8, 4) is 5.75 Å². The maximum absolute atomic E-state index is 13.2. The third kappa shape index (κ3) is 4.55. The van der Waals surface area contributed by atoms with Crippen LogP contribution in [0.15, 0.2) is 29.2 Å². The van der Waals surface area contributed by atoms with Gasteiger partial charge in [-0.2, -0.15) is 0 Å². The Kier molecular flexibility index (Phi) is 6.77. The van der Waals surface area contributed by atoms with Gasteiger partial charge in [0.05, 0.1) is 28.2 Å². The molecule has 3 rings (SSSR count). The Hall–Kier alpha value is -2.15. The zero-order valence-electron chi connectivity index (χ0n) is 17.4. The van der Waals surface area contributed by atoms with Crippen molar-refractivity contribution >= 4 is 33.3 Å². The fraction of sp³-hybridized carbons (Fsp3) is 0.455. The highest BCUT2D eigenvalue weighted by Gasteiger charge is 2.16. The minimum Gasteiger partial charge on any atom is -0.490 e. The molecule has 0 unspecified atom stereocenters. The normalized spacial score (nSPS) is 12.8. The minimum atomic E-state index is -0.0973. The van der Waals surface area contributed by atoms with Gasteiger partial charge in [-0.1, -0.05) is 25.4 Å². The van der Waals surface area contributed by atoms with Crippen molar-refractivity contribution < 1.29 is 9.47 Å². The third-order valence-electron chi connectivity index (χ3n) is 4.98. The summed E-state index contributed by atoms with van der Waals surface area (Å²) < 4.78 is 12.8. The van der Waals surface area contributed by atoms with Crippen LogP contribution in [0.4, 0.5) is 0 Å². The van der Waals surface area contributed by atoms with Crippen molar-refractivity contribution in [1.29, 1.82) is 0 Å². The first kappa shape index (κ1) is 21.6. The summed E-state index contributed by atoms with van der Waals surface area (Å²) in [5.74, 6) is 1.01. The van der Waals surface area contributed by atoms with E-state index in [1.165, 1.54) is 0 Å². The van der Waals surface area contributed by atoms with E-state index in [0.29, 0.717) is 47.5 Å². The van der Waals surface area contributed by atoms with Crippen LogP contribution < -0.4 is 16.0 Å². The molecule has 0 spiro atoms. The highest BCUT2D eigenvalue weighted by atomic mass is 35.5. The molecule has 3 aromatic rings. The molecule has 0 amide bonds. The molecule has 29 heavy (non-hydrogen) atoms.